The van der Waals surface area contributed by atoms with Crippen molar-refractivity contribution in [1.29, 1.82) is 0 Å². The summed E-state index contributed by atoms with van der Waals surface area (Å²) >= 11 is 0. The highest BCUT2D eigenvalue weighted by molar-refractivity contribution is 6.16. The minimum atomic E-state index is -2.80. The summed E-state index contributed by atoms with van der Waals surface area (Å²) in [5.41, 5.74) is -2.11. The van der Waals surface area contributed by atoms with E-state index >= 15 is 0 Å². The second kappa shape index (κ2) is 5.31. The van der Waals surface area contributed by atoms with E-state index in [1.165, 1.54) is 0 Å². The van der Waals surface area contributed by atoms with Gasteiger partial charge in [0.05, 0.1) is 0 Å². The number of aryl methyl sites for hydroxylation is 1. The third-order valence-corrected chi connectivity index (χ3v) is 2.73. The Balaban J connectivity index is 2.96. The minimum absolute atomic E-state index is 0.0613. The van der Waals surface area contributed by atoms with Gasteiger partial charge >= 0.3 is 17.9 Å². The summed E-state index contributed by atoms with van der Waals surface area (Å²) in [6.45, 7) is 0. The van der Waals surface area contributed by atoms with E-state index in [-0.39, 0.29) is 6.42 Å². The summed E-state index contributed by atoms with van der Waals surface area (Å²) < 4.78 is 0. The molecule has 6 heteroatoms. The SMILES string of the molecule is O=C(O)C(CCc1ccccc1)(C(=O)O)C(=O)O. The van der Waals surface area contributed by atoms with Gasteiger partial charge in [-0.2, -0.15) is 0 Å². The van der Waals surface area contributed by atoms with Crippen LogP contribution in [0.3, 0.4) is 0 Å². The number of carboxylic acids is 3. The smallest absolute Gasteiger partial charge is 0.332 e. The monoisotopic (exact) mass is 252 g/mol. The van der Waals surface area contributed by atoms with Crippen LogP contribution in [0, 0.1) is 5.41 Å². The molecule has 0 radical (unpaired) electrons. The van der Waals surface area contributed by atoms with Crippen molar-refractivity contribution in [2.75, 3.05) is 0 Å². The van der Waals surface area contributed by atoms with Crippen LogP contribution in [-0.4, -0.2) is 33.2 Å². The molecule has 0 saturated carbocycles. The molecular weight excluding hydrogens is 240 g/mol. The zero-order valence-corrected chi connectivity index (χ0v) is 9.37. The average molecular weight is 252 g/mol. The van der Waals surface area contributed by atoms with Crippen molar-refractivity contribution in [1.82, 2.24) is 0 Å². The lowest BCUT2D eigenvalue weighted by Gasteiger charge is -2.19. The second-order valence-corrected chi connectivity index (χ2v) is 3.81. The molecule has 0 aliphatic carbocycles. The van der Waals surface area contributed by atoms with E-state index in [1.54, 1.807) is 30.3 Å². The highest BCUT2D eigenvalue weighted by Gasteiger charge is 2.53. The third kappa shape index (κ3) is 2.48. The topological polar surface area (TPSA) is 112 Å². The largest absolute Gasteiger partial charge is 0.480 e. The van der Waals surface area contributed by atoms with Gasteiger partial charge in [0.2, 0.25) is 0 Å². The Morgan fingerprint density at radius 1 is 0.889 bits per heavy atom. The van der Waals surface area contributed by atoms with Crippen LogP contribution >= 0.6 is 0 Å². The van der Waals surface area contributed by atoms with Gasteiger partial charge in [-0.1, -0.05) is 30.3 Å². The fourth-order valence-corrected chi connectivity index (χ4v) is 1.57. The van der Waals surface area contributed by atoms with Gasteiger partial charge in [-0.15, -0.1) is 0 Å². The lowest BCUT2D eigenvalue weighted by molar-refractivity contribution is -0.176. The van der Waals surface area contributed by atoms with E-state index in [0.29, 0.717) is 5.56 Å². The Hall–Kier alpha value is -2.37. The molecule has 3 N–H and O–H groups in total. The first-order chi connectivity index (χ1) is 8.41. The van der Waals surface area contributed by atoms with Crippen LogP contribution in [0.15, 0.2) is 30.3 Å². The van der Waals surface area contributed by atoms with E-state index in [9.17, 15) is 14.4 Å². The minimum Gasteiger partial charge on any atom is -0.480 e. The number of carbonyl (C=O) groups is 3. The summed E-state index contributed by atoms with van der Waals surface area (Å²) in [7, 11) is 0. The van der Waals surface area contributed by atoms with Gasteiger partial charge in [-0.3, -0.25) is 14.4 Å². The van der Waals surface area contributed by atoms with Gasteiger partial charge in [0, 0.05) is 0 Å². The van der Waals surface area contributed by atoms with Crippen molar-refractivity contribution < 1.29 is 29.7 Å². The van der Waals surface area contributed by atoms with Crippen LogP contribution in [0.4, 0.5) is 0 Å². The van der Waals surface area contributed by atoms with Crippen LogP contribution in [-0.2, 0) is 20.8 Å². The maximum Gasteiger partial charge on any atom is 0.332 e. The number of aliphatic carboxylic acids is 3. The van der Waals surface area contributed by atoms with Gasteiger partial charge < -0.3 is 15.3 Å². The van der Waals surface area contributed by atoms with Gasteiger partial charge in [-0.05, 0) is 18.4 Å². The normalized spacial score (nSPS) is 10.9. The van der Waals surface area contributed by atoms with Crippen molar-refractivity contribution in [2.45, 2.75) is 12.8 Å². The Morgan fingerprint density at radius 2 is 1.33 bits per heavy atom. The van der Waals surface area contributed by atoms with Crippen molar-refractivity contribution in [3.63, 3.8) is 0 Å². The highest BCUT2D eigenvalue weighted by atomic mass is 16.4. The maximum absolute atomic E-state index is 11.0. The summed E-state index contributed by atoms with van der Waals surface area (Å²) in [6.07, 6.45) is -0.442. The molecule has 0 unspecified atom stereocenters. The zero-order chi connectivity index (χ0) is 13.8. The molecule has 0 heterocycles. The lowest BCUT2D eigenvalue weighted by Crippen LogP contribution is -2.46. The first kappa shape index (κ1) is 13.7. The molecule has 6 nitrogen and oxygen atoms in total. The average Bonchev–Trinajstić information content (AvgIpc) is 2.29. The molecule has 0 aliphatic rings. The number of carboxylic acid groups (broad SMARTS) is 3. The molecule has 0 aromatic heterocycles. The van der Waals surface area contributed by atoms with E-state index in [4.69, 9.17) is 15.3 Å². The molecule has 18 heavy (non-hydrogen) atoms. The molecule has 0 fully saturated rings. The highest BCUT2D eigenvalue weighted by Crippen LogP contribution is 2.26. The first-order valence-corrected chi connectivity index (χ1v) is 5.15. The Labute approximate surface area is 102 Å². The summed E-state index contributed by atoms with van der Waals surface area (Å²) in [4.78, 5) is 32.9. The number of rotatable bonds is 6. The van der Waals surface area contributed by atoms with Crippen LogP contribution in [0.1, 0.15) is 12.0 Å². The van der Waals surface area contributed by atoms with Crippen molar-refractivity contribution in [3.05, 3.63) is 35.9 Å². The fraction of sp³-hybridized carbons (Fsp3) is 0.250. The third-order valence-electron chi connectivity index (χ3n) is 2.73. The quantitative estimate of drug-likeness (QED) is 0.647. The van der Waals surface area contributed by atoms with E-state index in [0.717, 1.165) is 0 Å². The molecule has 0 spiro atoms. The Morgan fingerprint density at radius 3 is 1.72 bits per heavy atom. The lowest BCUT2D eigenvalue weighted by atomic mass is 9.82. The molecule has 0 amide bonds. The fourth-order valence-electron chi connectivity index (χ4n) is 1.57. The predicted molar refractivity (Wildman–Crippen MR) is 60.1 cm³/mol. The molecule has 0 saturated heterocycles. The van der Waals surface area contributed by atoms with E-state index in [2.05, 4.69) is 0 Å². The molecule has 1 rings (SSSR count). The second-order valence-electron chi connectivity index (χ2n) is 3.81. The molecule has 1 aromatic carbocycles. The zero-order valence-electron chi connectivity index (χ0n) is 9.37. The number of benzene rings is 1. The summed E-state index contributed by atoms with van der Waals surface area (Å²) in [5, 5.41) is 26.6. The van der Waals surface area contributed by atoms with Crippen LogP contribution in [0.5, 0.6) is 0 Å². The van der Waals surface area contributed by atoms with E-state index in [1.807, 2.05) is 0 Å². The molecular formula is C12H12O6. The van der Waals surface area contributed by atoms with Gasteiger partial charge in [-0.25, -0.2) is 0 Å². The predicted octanol–water partition coefficient (Wildman–Crippen LogP) is 0.859. The first-order valence-electron chi connectivity index (χ1n) is 5.15. The van der Waals surface area contributed by atoms with Crippen LogP contribution in [0.2, 0.25) is 0 Å². The number of hydrogen-bond acceptors (Lipinski definition) is 3. The maximum atomic E-state index is 11.0. The van der Waals surface area contributed by atoms with Crippen LogP contribution in [0.25, 0.3) is 0 Å². The van der Waals surface area contributed by atoms with Gasteiger partial charge in [0.25, 0.3) is 5.41 Å². The molecule has 0 aliphatic heterocycles. The van der Waals surface area contributed by atoms with Crippen molar-refractivity contribution in [2.24, 2.45) is 5.41 Å². The summed E-state index contributed by atoms with van der Waals surface area (Å²) in [5.74, 6) is -5.59. The Bertz CT molecular complexity index is 429. The molecule has 0 bridgehead atoms. The van der Waals surface area contributed by atoms with Crippen LogP contribution < -0.4 is 0 Å². The Kier molecular flexibility index (Phi) is 4.04. The van der Waals surface area contributed by atoms with E-state index < -0.39 is 29.7 Å². The molecule has 96 valence electrons. The van der Waals surface area contributed by atoms with Crippen molar-refractivity contribution in [3.8, 4) is 0 Å². The van der Waals surface area contributed by atoms with Crippen molar-refractivity contribution >= 4 is 17.9 Å². The standard InChI is InChI=1S/C12H12O6/c13-9(14)12(10(15)16,11(17)18)7-6-8-4-2-1-3-5-8/h1-5H,6-7H2,(H,13,14)(H,15,16)(H,17,18). The molecule has 1 aromatic rings. The van der Waals surface area contributed by atoms with Gasteiger partial charge in [0.1, 0.15) is 0 Å². The van der Waals surface area contributed by atoms with Gasteiger partial charge in [0.15, 0.2) is 0 Å². The number of hydrogen-bond donors (Lipinski definition) is 3. The molecule has 0 atom stereocenters. The summed E-state index contributed by atoms with van der Waals surface area (Å²) in [6, 6.07) is 8.52.